The van der Waals surface area contributed by atoms with Crippen LogP contribution in [-0.2, 0) is 4.79 Å². The molecule has 2 N–H and O–H groups in total. The highest BCUT2D eigenvalue weighted by Crippen LogP contribution is 2.39. The monoisotopic (exact) mass is 322 g/mol. The van der Waals surface area contributed by atoms with E-state index in [-0.39, 0.29) is 11.8 Å². The van der Waals surface area contributed by atoms with Crippen LogP contribution in [0.25, 0.3) is 0 Å². The lowest BCUT2D eigenvalue weighted by Gasteiger charge is -2.38. The number of amides is 3. The average molecular weight is 322 g/mol. The van der Waals surface area contributed by atoms with Gasteiger partial charge in [0.25, 0.3) is 5.91 Å². The molecule has 0 radical (unpaired) electrons. The molecule has 1 aliphatic heterocycles. The minimum Gasteiger partial charge on any atom is -0.391 e. The standard InChI is InChI=1S/C14H21F3N2O3/c1-8-3-9(2)5-13(4-8)11(21)19(12(22)18-13)7-10(20)6-14(15,16)17/h8-10,20H,3-7H2,1-2H3,(H,18,22)/t8-,9+,10-,13?/m1/s1. The summed E-state index contributed by atoms with van der Waals surface area (Å²) in [5.74, 6) is -0.0294. The van der Waals surface area contributed by atoms with Gasteiger partial charge in [0.2, 0.25) is 0 Å². The van der Waals surface area contributed by atoms with Crippen molar-refractivity contribution >= 4 is 11.9 Å². The molecular formula is C14H21F3N2O3. The molecular weight excluding hydrogens is 301 g/mol. The van der Waals surface area contributed by atoms with E-state index in [4.69, 9.17) is 0 Å². The van der Waals surface area contributed by atoms with Crippen molar-refractivity contribution in [1.82, 2.24) is 10.2 Å². The van der Waals surface area contributed by atoms with Crippen molar-refractivity contribution in [1.29, 1.82) is 0 Å². The smallest absolute Gasteiger partial charge is 0.391 e. The summed E-state index contributed by atoms with van der Waals surface area (Å²) in [6, 6.07) is -0.715. The Bertz CT molecular complexity index is 457. The largest absolute Gasteiger partial charge is 0.391 e. The summed E-state index contributed by atoms with van der Waals surface area (Å²) in [6.07, 6.45) is -5.87. The van der Waals surface area contributed by atoms with Crippen molar-refractivity contribution < 1.29 is 27.9 Å². The molecule has 0 aromatic carbocycles. The molecule has 1 saturated carbocycles. The van der Waals surface area contributed by atoms with Crippen molar-refractivity contribution in [2.75, 3.05) is 6.54 Å². The fraction of sp³-hybridized carbons (Fsp3) is 0.857. The van der Waals surface area contributed by atoms with Crippen LogP contribution in [0.15, 0.2) is 0 Å². The number of urea groups is 1. The number of nitrogens with one attached hydrogen (secondary N) is 1. The fourth-order valence-corrected chi connectivity index (χ4v) is 3.79. The van der Waals surface area contributed by atoms with E-state index < -0.39 is 42.7 Å². The van der Waals surface area contributed by atoms with Gasteiger partial charge in [-0.25, -0.2) is 4.79 Å². The Morgan fingerprint density at radius 2 is 1.86 bits per heavy atom. The van der Waals surface area contributed by atoms with E-state index in [9.17, 15) is 27.9 Å². The minimum atomic E-state index is -4.54. The summed E-state index contributed by atoms with van der Waals surface area (Å²) in [4.78, 5) is 25.2. The highest BCUT2D eigenvalue weighted by Gasteiger charge is 2.54. The number of nitrogens with zero attached hydrogens (tertiary/aromatic N) is 1. The van der Waals surface area contributed by atoms with Crippen molar-refractivity contribution in [3.8, 4) is 0 Å². The van der Waals surface area contributed by atoms with Gasteiger partial charge in [-0.15, -0.1) is 0 Å². The molecule has 1 saturated heterocycles. The first kappa shape index (κ1) is 17.1. The van der Waals surface area contributed by atoms with Crippen LogP contribution in [-0.4, -0.2) is 46.3 Å². The molecule has 3 amide bonds. The van der Waals surface area contributed by atoms with Gasteiger partial charge in [-0.3, -0.25) is 9.69 Å². The first-order valence-corrected chi connectivity index (χ1v) is 7.41. The van der Waals surface area contributed by atoms with E-state index in [0.717, 1.165) is 11.3 Å². The molecule has 22 heavy (non-hydrogen) atoms. The van der Waals surface area contributed by atoms with Crippen LogP contribution in [0, 0.1) is 11.8 Å². The number of carbonyl (C=O) groups is 2. The molecule has 2 fully saturated rings. The summed E-state index contributed by atoms with van der Waals surface area (Å²) in [5, 5.41) is 12.1. The third-order valence-corrected chi connectivity index (χ3v) is 4.30. The number of hydrogen-bond donors (Lipinski definition) is 2. The lowest BCUT2D eigenvalue weighted by Crippen LogP contribution is -2.52. The summed E-state index contributed by atoms with van der Waals surface area (Å²) in [7, 11) is 0. The summed E-state index contributed by atoms with van der Waals surface area (Å²) in [6.45, 7) is 3.34. The van der Waals surface area contributed by atoms with Gasteiger partial charge in [0.15, 0.2) is 0 Å². The number of imide groups is 1. The molecule has 4 atom stereocenters. The molecule has 0 bridgehead atoms. The number of aliphatic hydroxyl groups is 1. The van der Waals surface area contributed by atoms with Crippen molar-refractivity contribution in [2.45, 2.75) is 57.3 Å². The van der Waals surface area contributed by atoms with Gasteiger partial charge in [0, 0.05) is 0 Å². The van der Waals surface area contributed by atoms with E-state index in [1.165, 1.54) is 0 Å². The van der Waals surface area contributed by atoms with Crippen molar-refractivity contribution in [2.24, 2.45) is 11.8 Å². The lowest BCUT2D eigenvalue weighted by molar-refractivity contribution is -0.157. The van der Waals surface area contributed by atoms with E-state index in [2.05, 4.69) is 5.32 Å². The highest BCUT2D eigenvalue weighted by atomic mass is 19.4. The summed E-state index contributed by atoms with van der Waals surface area (Å²) < 4.78 is 36.8. The number of halogens is 3. The van der Waals surface area contributed by atoms with E-state index >= 15 is 0 Å². The van der Waals surface area contributed by atoms with E-state index in [1.54, 1.807) is 0 Å². The quantitative estimate of drug-likeness (QED) is 0.781. The van der Waals surface area contributed by atoms with Crippen LogP contribution >= 0.6 is 0 Å². The minimum absolute atomic E-state index is 0.244. The maximum absolute atomic E-state index is 12.5. The number of β-amino-alcohol motifs (C(OH)–C–C–N with tert-alkyl or cyclic N) is 1. The van der Waals surface area contributed by atoms with Gasteiger partial charge in [0.05, 0.1) is 19.1 Å². The molecule has 1 spiro atoms. The predicted octanol–water partition coefficient (Wildman–Crippen LogP) is 2.05. The molecule has 8 heteroatoms. The third kappa shape index (κ3) is 3.53. The predicted molar refractivity (Wildman–Crippen MR) is 71.8 cm³/mol. The van der Waals surface area contributed by atoms with Gasteiger partial charge in [0.1, 0.15) is 5.54 Å². The zero-order valence-electron chi connectivity index (χ0n) is 12.6. The first-order chi connectivity index (χ1) is 10.0. The van der Waals surface area contributed by atoms with Crippen LogP contribution in [0.3, 0.4) is 0 Å². The molecule has 1 heterocycles. The Morgan fingerprint density at radius 3 is 2.36 bits per heavy atom. The number of rotatable bonds is 3. The molecule has 2 rings (SSSR count). The molecule has 126 valence electrons. The van der Waals surface area contributed by atoms with Crippen LogP contribution in [0.1, 0.15) is 39.5 Å². The van der Waals surface area contributed by atoms with Crippen LogP contribution in [0.4, 0.5) is 18.0 Å². The molecule has 1 aliphatic carbocycles. The maximum atomic E-state index is 12.5. The number of hydrogen-bond acceptors (Lipinski definition) is 3. The molecule has 1 unspecified atom stereocenters. The van der Waals surface area contributed by atoms with Gasteiger partial charge in [-0.1, -0.05) is 13.8 Å². The van der Waals surface area contributed by atoms with E-state index in [1.807, 2.05) is 13.8 Å². The van der Waals surface area contributed by atoms with Gasteiger partial charge in [-0.05, 0) is 31.1 Å². The first-order valence-electron chi connectivity index (χ1n) is 7.41. The second-order valence-corrected chi connectivity index (χ2v) is 6.76. The summed E-state index contributed by atoms with van der Waals surface area (Å²) in [5.41, 5.74) is -1.02. The Morgan fingerprint density at radius 1 is 1.32 bits per heavy atom. The number of alkyl halides is 3. The topological polar surface area (TPSA) is 69.6 Å². The Hall–Kier alpha value is -1.31. The highest BCUT2D eigenvalue weighted by molar-refractivity contribution is 6.07. The molecule has 0 aromatic heterocycles. The Balaban J connectivity index is 2.09. The molecule has 0 aromatic rings. The molecule has 2 aliphatic rings. The van der Waals surface area contributed by atoms with Crippen molar-refractivity contribution in [3.63, 3.8) is 0 Å². The lowest BCUT2D eigenvalue weighted by atomic mass is 9.71. The fourth-order valence-electron chi connectivity index (χ4n) is 3.79. The Labute approximate surface area is 126 Å². The zero-order chi connectivity index (χ0) is 16.7. The SMILES string of the molecule is C[C@@H]1C[C@H](C)CC2(C1)NC(=O)N(C[C@H](O)CC(F)(F)F)C2=O. The zero-order valence-corrected chi connectivity index (χ0v) is 12.6. The Kier molecular flexibility index (Phi) is 4.43. The van der Waals surface area contributed by atoms with Crippen LogP contribution in [0.5, 0.6) is 0 Å². The number of carbonyl (C=O) groups excluding carboxylic acids is 2. The van der Waals surface area contributed by atoms with Crippen molar-refractivity contribution in [3.05, 3.63) is 0 Å². The normalized spacial score (nSPS) is 34.2. The van der Waals surface area contributed by atoms with E-state index in [0.29, 0.717) is 12.8 Å². The third-order valence-electron chi connectivity index (χ3n) is 4.30. The van der Waals surface area contributed by atoms with Crippen LogP contribution in [0.2, 0.25) is 0 Å². The second kappa shape index (κ2) is 5.72. The van der Waals surface area contributed by atoms with Gasteiger partial charge < -0.3 is 10.4 Å². The average Bonchev–Trinajstić information content (AvgIpc) is 2.49. The van der Waals surface area contributed by atoms with Gasteiger partial charge >= 0.3 is 12.2 Å². The van der Waals surface area contributed by atoms with Gasteiger partial charge in [-0.2, -0.15) is 13.2 Å². The maximum Gasteiger partial charge on any atom is 0.391 e. The second-order valence-electron chi connectivity index (χ2n) is 6.76. The molecule has 5 nitrogen and oxygen atoms in total. The summed E-state index contributed by atoms with van der Waals surface area (Å²) >= 11 is 0. The van der Waals surface area contributed by atoms with Crippen LogP contribution < -0.4 is 5.32 Å². The number of aliphatic hydroxyl groups excluding tert-OH is 1.